The number of hydrogen-bond donors (Lipinski definition) is 8. The topological polar surface area (TPSA) is 294 Å². The van der Waals surface area contributed by atoms with Gasteiger partial charge in [-0.25, -0.2) is 9.59 Å². The summed E-state index contributed by atoms with van der Waals surface area (Å²) in [4.78, 5) is 103. The van der Waals surface area contributed by atoms with Crippen LogP contribution in [0.25, 0.3) is 0 Å². The van der Waals surface area contributed by atoms with Gasteiger partial charge in [-0.2, -0.15) is 0 Å². The van der Waals surface area contributed by atoms with E-state index in [9.17, 15) is 38.7 Å². The quantitative estimate of drug-likeness (QED) is 0.0582. The molecule has 0 unspecified atom stereocenters. The second-order valence-electron chi connectivity index (χ2n) is 15.4. The molecule has 1 saturated heterocycles. The number of primary amides is 1. The Kier molecular flexibility index (Phi) is 19.3. The molecule has 1 aliphatic heterocycles. The number of nitrogens with zero attached hydrogens (tertiary/aromatic N) is 3. The molecule has 3 rings (SSSR count). The lowest BCUT2D eigenvalue weighted by atomic mass is 9.98. The van der Waals surface area contributed by atoms with Crippen molar-refractivity contribution in [2.24, 2.45) is 28.1 Å². The van der Waals surface area contributed by atoms with Crippen LogP contribution in [0.3, 0.4) is 0 Å². The molecule has 0 aromatic heterocycles. The van der Waals surface area contributed by atoms with Crippen LogP contribution in [0.2, 0.25) is 0 Å². The number of urea groups is 1. The zero-order chi connectivity index (χ0) is 45.2. The summed E-state index contributed by atoms with van der Waals surface area (Å²) in [5, 5.41) is 21.0. The largest absolute Gasteiger partial charge is 0.508 e. The van der Waals surface area contributed by atoms with Crippen LogP contribution in [0.1, 0.15) is 70.4 Å². The summed E-state index contributed by atoms with van der Waals surface area (Å²) in [6.07, 6.45) is 1.11. The fraction of sp³-hybridized carbons (Fsp3) is 0.524. The monoisotopic (exact) mass is 850 g/mol. The normalized spacial score (nSPS) is 21.6. The van der Waals surface area contributed by atoms with Crippen molar-refractivity contribution in [2.75, 3.05) is 27.2 Å². The van der Waals surface area contributed by atoms with Crippen molar-refractivity contribution in [3.8, 4) is 5.75 Å². The molecule has 11 N–H and O–H groups in total. The summed E-state index contributed by atoms with van der Waals surface area (Å²) in [5.74, 6) is -4.77. The van der Waals surface area contributed by atoms with Gasteiger partial charge in [0.1, 0.15) is 42.0 Å². The average molecular weight is 851 g/mol. The van der Waals surface area contributed by atoms with E-state index in [0.29, 0.717) is 6.42 Å². The highest BCUT2D eigenvalue weighted by atomic mass is 16.5. The van der Waals surface area contributed by atoms with Gasteiger partial charge in [0.15, 0.2) is 5.96 Å². The number of carbonyl (C=O) groups excluding carboxylic acids is 7. The molecule has 1 fully saturated rings. The van der Waals surface area contributed by atoms with Gasteiger partial charge in [0.2, 0.25) is 29.5 Å². The first-order chi connectivity index (χ1) is 28.9. The van der Waals surface area contributed by atoms with Crippen LogP contribution in [-0.4, -0.2) is 126 Å². The molecule has 19 heteroatoms. The van der Waals surface area contributed by atoms with Crippen LogP contribution in [0.4, 0.5) is 4.79 Å². The van der Waals surface area contributed by atoms with Gasteiger partial charge in [0.05, 0.1) is 7.11 Å². The summed E-state index contributed by atoms with van der Waals surface area (Å²) < 4.78 is 5.03. The number of ether oxygens (including phenoxy) is 1. The average Bonchev–Trinajstić information content (AvgIpc) is 3.22. The summed E-state index contributed by atoms with van der Waals surface area (Å²) in [7, 11) is 2.55. The number of hydrogen-bond acceptors (Lipinski definition) is 10. The van der Waals surface area contributed by atoms with Crippen molar-refractivity contribution in [3.63, 3.8) is 0 Å². The minimum Gasteiger partial charge on any atom is -0.508 e. The van der Waals surface area contributed by atoms with E-state index in [0.717, 1.165) is 23.1 Å². The second-order valence-corrected chi connectivity index (χ2v) is 15.4. The Morgan fingerprint density at radius 3 is 2.15 bits per heavy atom. The Labute approximate surface area is 356 Å². The van der Waals surface area contributed by atoms with Gasteiger partial charge >= 0.3 is 12.0 Å². The highest BCUT2D eigenvalue weighted by Crippen LogP contribution is 2.20. The van der Waals surface area contributed by atoms with Crippen LogP contribution in [0.5, 0.6) is 5.75 Å². The van der Waals surface area contributed by atoms with Crippen molar-refractivity contribution >= 4 is 47.5 Å². The number of nitrogens with two attached hydrogens (primary N) is 3. The SMILES string of the molecule is COC(=O)[C@H](CCCN=C(N)N)N(C(N)=O)[C@@H]1CCCCNC(=O)[C@H](Cc2ccccc2)NC(=O)[C@H](C)N(C)C(=O)[C@H](CCc2ccc(O)cc2)NC(=O)[C@H](C(C)C)NC1=O. The number of esters is 1. The minimum absolute atomic E-state index is 0.0361. The van der Waals surface area contributed by atoms with E-state index in [-0.39, 0.29) is 69.7 Å². The Hall–Kier alpha value is -6.40. The van der Waals surface area contributed by atoms with Gasteiger partial charge in [0, 0.05) is 26.6 Å². The molecule has 0 radical (unpaired) electrons. The molecule has 334 valence electrons. The van der Waals surface area contributed by atoms with E-state index < -0.39 is 83.7 Å². The number of benzene rings is 2. The molecular weight excluding hydrogens is 789 g/mol. The number of aromatic hydroxyl groups is 1. The third-order valence-electron chi connectivity index (χ3n) is 10.6. The van der Waals surface area contributed by atoms with Crippen molar-refractivity contribution in [1.29, 1.82) is 0 Å². The third kappa shape index (κ3) is 15.0. The molecular formula is C42H62N10O9. The van der Waals surface area contributed by atoms with Crippen molar-refractivity contribution < 1.29 is 43.4 Å². The van der Waals surface area contributed by atoms with Gasteiger partial charge in [-0.15, -0.1) is 0 Å². The summed E-state index contributed by atoms with van der Waals surface area (Å²) >= 11 is 0. The number of phenolic OH excluding ortho intramolecular Hbond substituents is 1. The molecule has 19 nitrogen and oxygen atoms in total. The maximum absolute atomic E-state index is 14.4. The minimum atomic E-state index is -1.40. The maximum Gasteiger partial charge on any atom is 0.328 e. The van der Waals surface area contributed by atoms with Gasteiger partial charge in [-0.3, -0.25) is 33.9 Å². The van der Waals surface area contributed by atoms with Gasteiger partial charge < -0.3 is 53.2 Å². The first kappa shape index (κ1) is 49.0. The molecule has 6 atom stereocenters. The number of likely N-dealkylation sites (N-methyl/N-ethyl adjacent to an activating group) is 1. The van der Waals surface area contributed by atoms with E-state index in [2.05, 4.69) is 26.3 Å². The summed E-state index contributed by atoms with van der Waals surface area (Å²) in [5.41, 5.74) is 18.3. The van der Waals surface area contributed by atoms with Gasteiger partial charge in [-0.05, 0) is 81.0 Å². The molecule has 0 aliphatic carbocycles. The van der Waals surface area contributed by atoms with Gasteiger partial charge in [-0.1, -0.05) is 56.3 Å². The molecule has 1 heterocycles. The van der Waals surface area contributed by atoms with E-state index in [1.807, 2.05) is 18.2 Å². The lowest BCUT2D eigenvalue weighted by molar-refractivity contribution is -0.148. The number of guanidine groups is 1. The molecule has 0 bridgehead atoms. The first-order valence-electron chi connectivity index (χ1n) is 20.4. The Bertz CT molecular complexity index is 1840. The Morgan fingerprint density at radius 1 is 0.885 bits per heavy atom. The summed E-state index contributed by atoms with van der Waals surface area (Å²) in [6, 6.07) is 6.96. The zero-order valence-corrected chi connectivity index (χ0v) is 35.6. The third-order valence-corrected chi connectivity index (χ3v) is 10.6. The predicted molar refractivity (Wildman–Crippen MR) is 227 cm³/mol. The molecule has 1 aliphatic rings. The maximum atomic E-state index is 14.4. The number of aliphatic imine (C=N–C) groups is 1. The standard InChI is InChI=1S/C42H62N10O9/c1-25(2)34-38(57)48-30(21-18-27-16-19-29(53)20-17-27)39(58)51(4)26(3)35(54)49-31(24-28-12-7-6-8-13-28)36(55)46-22-10-9-14-32(37(56)50-34)52(42(45)60)33(40(59)61-5)15-11-23-47-41(43)44/h6-8,12-13,16-17,19-20,25-26,30-34,53H,9-11,14-15,18,21-24H2,1-5H3,(H2,45,60)(H,46,55)(H,48,57)(H,49,54)(H,50,56)(H4,43,44,47)/t26-,30-,31-,32+,33-,34-/m0/s1. The van der Waals surface area contributed by atoms with Crippen LogP contribution in [-0.2, 0) is 46.3 Å². The molecule has 0 saturated carbocycles. The van der Waals surface area contributed by atoms with E-state index in [1.54, 1.807) is 38.1 Å². The lowest BCUT2D eigenvalue weighted by Gasteiger charge is -2.36. The predicted octanol–water partition coefficient (Wildman–Crippen LogP) is 0.169. The number of carbonyl (C=O) groups is 7. The van der Waals surface area contributed by atoms with E-state index in [1.165, 1.54) is 31.0 Å². The lowest BCUT2D eigenvalue weighted by Crippen LogP contribution is -2.62. The summed E-state index contributed by atoms with van der Waals surface area (Å²) in [6.45, 7) is 5.08. The van der Waals surface area contributed by atoms with Gasteiger partial charge in [0.25, 0.3) is 0 Å². The van der Waals surface area contributed by atoms with Crippen molar-refractivity contribution in [3.05, 3.63) is 65.7 Å². The fourth-order valence-electron chi connectivity index (χ4n) is 6.96. The van der Waals surface area contributed by atoms with Crippen molar-refractivity contribution in [1.82, 2.24) is 31.1 Å². The van der Waals surface area contributed by atoms with Crippen LogP contribution in [0.15, 0.2) is 59.6 Å². The van der Waals surface area contributed by atoms with Crippen LogP contribution >= 0.6 is 0 Å². The van der Waals surface area contributed by atoms with E-state index >= 15 is 0 Å². The molecule has 61 heavy (non-hydrogen) atoms. The molecule has 7 amide bonds. The number of phenols is 1. The molecule has 0 spiro atoms. The zero-order valence-electron chi connectivity index (χ0n) is 35.6. The van der Waals surface area contributed by atoms with Crippen LogP contribution in [0, 0.1) is 5.92 Å². The highest BCUT2D eigenvalue weighted by Gasteiger charge is 2.40. The Morgan fingerprint density at radius 2 is 1.54 bits per heavy atom. The first-order valence-corrected chi connectivity index (χ1v) is 20.4. The number of methoxy groups -OCH3 is 1. The van der Waals surface area contributed by atoms with E-state index in [4.69, 9.17) is 21.9 Å². The smallest absolute Gasteiger partial charge is 0.328 e. The highest BCUT2D eigenvalue weighted by molar-refractivity contribution is 5.97. The van der Waals surface area contributed by atoms with Crippen molar-refractivity contribution in [2.45, 2.75) is 108 Å². The molecule has 2 aromatic carbocycles. The van der Waals surface area contributed by atoms with Crippen LogP contribution < -0.4 is 38.5 Å². The fourth-order valence-corrected chi connectivity index (χ4v) is 6.96. The number of aryl methyl sites for hydroxylation is 1. The molecule has 2 aromatic rings. The number of amides is 7. The second kappa shape index (κ2) is 24.0. The Balaban J connectivity index is 2.09. The number of nitrogens with one attached hydrogen (secondary N) is 4. The number of rotatable bonds is 13.